The Kier molecular flexibility index (Phi) is 4.99. The Hall–Kier alpha value is -0.870. The lowest BCUT2D eigenvalue weighted by Gasteiger charge is -2.23. The molecule has 4 heteroatoms. The van der Waals surface area contributed by atoms with Crippen molar-refractivity contribution in [3.8, 4) is 0 Å². The lowest BCUT2D eigenvalue weighted by Crippen LogP contribution is -2.37. The highest BCUT2D eigenvalue weighted by atomic mass is 16.3. The molecule has 1 N–H and O–H groups in total. The molecular formula is C15H26N2O2. The molecule has 0 spiro atoms. The van der Waals surface area contributed by atoms with Gasteiger partial charge in [0.25, 0.3) is 0 Å². The number of aliphatic hydroxyl groups is 1. The maximum absolute atomic E-state index is 12.3. The third-order valence-electron chi connectivity index (χ3n) is 4.42. The molecule has 0 aromatic rings. The van der Waals surface area contributed by atoms with E-state index in [1.807, 2.05) is 19.0 Å². The number of hydrogen-bond donors (Lipinski definition) is 1. The van der Waals surface area contributed by atoms with Crippen molar-refractivity contribution in [2.24, 2.45) is 5.92 Å². The van der Waals surface area contributed by atoms with E-state index < -0.39 is 0 Å². The first-order valence-electron chi connectivity index (χ1n) is 7.34. The molecule has 1 heterocycles. The number of nitrogens with zero attached hydrogens (tertiary/aromatic N) is 2. The van der Waals surface area contributed by atoms with E-state index >= 15 is 0 Å². The van der Waals surface area contributed by atoms with Crippen LogP contribution < -0.4 is 0 Å². The van der Waals surface area contributed by atoms with Crippen molar-refractivity contribution in [2.75, 3.05) is 33.8 Å². The van der Waals surface area contributed by atoms with Gasteiger partial charge in [-0.25, -0.2) is 0 Å². The summed E-state index contributed by atoms with van der Waals surface area (Å²) < 4.78 is 0. The molecule has 1 amide bonds. The van der Waals surface area contributed by atoms with Crippen LogP contribution >= 0.6 is 0 Å². The summed E-state index contributed by atoms with van der Waals surface area (Å²) in [5, 5.41) is 9.43. The Balaban J connectivity index is 1.91. The molecule has 0 radical (unpaired) electrons. The number of carbonyl (C=O) groups is 1. The normalized spacial score (nSPS) is 27.8. The van der Waals surface area contributed by atoms with E-state index in [0.717, 1.165) is 19.4 Å². The summed E-state index contributed by atoms with van der Waals surface area (Å²) >= 11 is 0. The van der Waals surface area contributed by atoms with Crippen molar-refractivity contribution >= 4 is 5.91 Å². The predicted molar refractivity (Wildman–Crippen MR) is 75.8 cm³/mol. The number of allylic oxidation sites excluding steroid dienone is 1. The summed E-state index contributed by atoms with van der Waals surface area (Å²) in [6.07, 6.45) is 7.51. The van der Waals surface area contributed by atoms with Crippen LogP contribution in [0.3, 0.4) is 0 Å². The molecule has 0 aromatic heterocycles. The quantitative estimate of drug-likeness (QED) is 0.779. The van der Waals surface area contributed by atoms with Crippen LogP contribution in [0.15, 0.2) is 11.6 Å². The van der Waals surface area contributed by atoms with Crippen LogP contribution in [0.2, 0.25) is 0 Å². The molecule has 1 fully saturated rings. The Labute approximate surface area is 116 Å². The third-order valence-corrected chi connectivity index (χ3v) is 4.42. The smallest absolute Gasteiger partial charge is 0.226 e. The number of aliphatic hydroxyl groups excluding tert-OH is 1. The lowest BCUT2D eigenvalue weighted by atomic mass is 9.97. The third kappa shape index (κ3) is 3.57. The van der Waals surface area contributed by atoms with Gasteiger partial charge in [0.05, 0.1) is 0 Å². The molecule has 0 aromatic carbocycles. The molecule has 0 saturated carbocycles. The van der Waals surface area contributed by atoms with Gasteiger partial charge in [-0.1, -0.05) is 11.6 Å². The first-order valence-corrected chi connectivity index (χ1v) is 7.34. The molecule has 0 unspecified atom stereocenters. The van der Waals surface area contributed by atoms with E-state index in [-0.39, 0.29) is 24.5 Å². The molecule has 0 bridgehead atoms. The van der Waals surface area contributed by atoms with E-state index in [2.05, 4.69) is 11.0 Å². The molecule has 2 rings (SSSR count). The monoisotopic (exact) mass is 266 g/mol. The summed E-state index contributed by atoms with van der Waals surface area (Å²) in [5.74, 6) is 0.426. The van der Waals surface area contributed by atoms with Crippen LogP contribution in [0.25, 0.3) is 0 Å². The number of carbonyl (C=O) groups excluding carboxylic acids is 1. The predicted octanol–water partition coefficient (Wildman–Crippen LogP) is 1.26. The lowest BCUT2D eigenvalue weighted by molar-refractivity contribution is -0.129. The standard InChI is InChI=1S/C15H26N2O2/c1-16(2)14-10-17(9-13(14)11-18)15(19)8-12-6-4-3-5-7-12/h6,13-14,18H,3-5,7-11H2,1-2H3/t13-,14+/m0/s1. The van der Waals surface area contributed by atoms with Crippen molar-refractivity contribution in [3.05, 3.63) is 11.6 Å². The van der Waals surface area contributed by atoms with Crippen molar-refractivity contribution in [2.45, 2.75) is 38.1 Å². The van der Waals surface area contributed by atoms with Gasteiger partial charge in [0.1, 0.15) is 0 Å². The SMILES string of the molecule is CN(C)[C@@H]1CN(C(=O)CC2=CCCCC2)C[C@H]1CO. The first-order chi connectivity index (χ1) is 9.11. The van der Waals surface area contributed by atoms with Crippen molar-refractivity contribution in [1.29, 1.82) is 0 Å². The Morgan fingerprint density at radius 2 is 2.21 bits per heavy atom. The van der Waals surface area contributed by atoms with E-state index in [1.54, 1.807) is 0 Å². The van der Waals surface area contributed by atoms with Gasteiger partial charge in [-0.2, -0.15) is 0 Å². The van der Waals surface area contributed by atoms with Crippen molar-refractivity contribution in [3.63, 3.8) is 0 Å². The van der Waals surface area contributed by atoms with Gasteiger partial charge in [-0.15, -0.1) is 0 Å². The average Bonchev–Trinajstić information content (AvgIpc) is 2.84. The molecule has 19 heavy (non-hydrogen) atoms. The fourth-order valence-electron chi connectivity index (χ4n) is 3.19. The maximum atomic E-state index is 12.3. The second kappa shape index (κ2) is 6.53. The van der Waals surface area contributed by atoms with Gasteiger partial charge in [-0.05, 0) is 39.8 Å². The van der Waals surface area contributed by atoms with Crippen LogP contribution in [0, 0.1) is 5.92 Å². The minimum Gasteiger partial charge on any atom is -0.396 e. The molecule has 2 aliphatic rings. The number of likely N-dealkylation sites (tertiary alicyclic amines) is 1. The van der Waals surface area contributed by atoms with Crippen LogP contribution in [0.4, 0.5) is 0 Å². The van der Waals surface area contributed by atoms with E-state index in [1.165, 1.54) is 18.4 Å². The van der Waals surface area contributed by atoms with Gasteiger partial charge in [0.15, 0.2) is 0 Å². The van der Waals surface area contributed by atoms with Crippen molar-refractivity contribution < 1.29 is 9.90 Å². The molecule has 4 nitrogen and oxygen atoms in total. The van der Waals surface area contributed by atoms with Crippen LogP contribution in [-0.4, -0.2) is 60.6 Å². The zero-order chi connectivity index (χ0) is 13.8. The summed E-state index contributed by atoms with van der Waals surface area (Å²) in [6.45, 7) is 1.62. The zero-order valence-corrected chi connectivity index (χ0v) is 12.1. The summed E-state index contributed by atoms with van der Waals surface area (Å²) in [7, 11) is 4.04. The topological polar surface area (TPSA) is 43.8 Å². The van der Waals surface area contributed by atoms with Crippen LogP contribution in [0.5, 0.6) is 0 Å². The molecular weight excluding hydrogens is 240 g/mol. The zero-order valence-electron chi connectivity index (χ0n) is 12.1. The highest BCUT2D eigenvalue weighted by Crippen LogP contribution is 2.24. The Bertz CT molecular complexity index is 352. The second-order valence-corrected chi connectivity index (χ2v) is 6.06. The van der Waals surface area contributed by atoms with E-state index in [4.69, 9.17) is 0 Å². The fourth-order valence-corrected chi connectivity index (χ4v) is 3.19. The number of likely N-dealkylation sites (N-methyl/N-ethyl adjacent to an activating group) is 1. The van der Waals surface area contributed by atoms with Gasteiger partial charge >= 0.3 is 0 Å². The largest absolute Gasteiger partial charge is 0.396 e. The van der Waals surface area contributed by atoms with Crippen LogP contribution in [-0.2, 0) is 4.79 Å². The highest BCUT2D eigenvalue weighted by molar-refractivity contribution is 5.79. The van der Waals surface area contributed by atoms with Gasteiger partial charge in [-0.3, -0.25) is 4.79 Å². The molecule has 1 aliphatic carbocycles. The minimum absolute atomic E-state index is 0.162. The highest BCUT2D eigenvalue weighted by Gasteiger charge is 2.35. The van der Waals surface area contributed by atoms with Gasteiger partial charge in [0.2, 0.25) is 5.91 Å². The summed E-state index contributed by atoms with van der Waals surface area (Å²) in [5.41, 5.74) is 1.31. The minimum atomic E-state index is 0.162. The fraction of sp³-hybridized carbons (Fsp3) is 0.800. The molecule has 2 atom stereocenters. The van der Waals surface area contributed by atoms with Crippen LogP contribution in [0.1, 0.15) is 32.1 Å². The van der Waals surface area contributed by atoms with Crippen molar-refractivity contribution in [1.82, 2.24) is 9.80 Å². The first kappa shape index (κ1) is 14.5. The average molecular weight is 266 g/mol. The van der Waals surface area contributed by atoms with Gasteiger partial charge in [0, 0.05) is 38.1 Å². The second-order valence-electron chi connectivity index (χ2n) is 6.06. The Morgan fingerprint density at radius 1 is 1.42 bits per heavy atom. The van der Waals surface area contributed by atoms with E-state index in [0.29, 0.717) is 13.0 Å². The number of rotatable bonds is 4. The number of amides is 1. The molecule has 108 valence electrons. The number of hydrogen-bond acceptors (Lipinski definition) is 3. The van der Waals surface area contributed by atoms with Gasteiger partial charge < -0.3 is 14.9 Å². The summed E-state index contributed by atoms with van der Waals surface area (Å²) in [4.78, 5) is 16.4. The Morgan fingerprint density at radius 3 is 2.74 bits per heavy atom. The van der Waals surface area contributed by atoms with E-state index in [9.17, 15) is 9.90 Å². The molecule has 1 saturated heterocycles. The maximum Gasteiger partial charge on any atom is 0.226 e. The summed E-state index contributed by atoms with van der Waals surface area (Å²) in [6, 6.07) is 0.286. The molecule has 1 aliphatic heterocycles.